The van der Waals surface area contributed by atoms with Crippen molar-refractivity contribution >= 4 is 11.9 Å². The number of nitrogens with zero attached hydrogens (tertiary/aromatic N) is 1. The summed E-state index contributed by atoms with van der Waals surface area (Å²) in [5.41, 5.74) is 1.09. The van der Waals surface area contributed by atoms with E-state index < -0.39 is 5.97 Å². The second-order valence-electron chi connectivity index (χ2n) is 4.30. The molecule has 110 valence electrons. The number of carboxylic acids is 1. The van der Waals surface area contributed by atoms with E-state index in [-0.39, 0.29) is 18.1 Å². The minimum Gasteiger partial charge on any atom is -0.478 e. The maximum absolute atomic E-state index is 11.8. The van der Waals surface area contributed by atoms with Crippen LogP contribution in [-0.2, 0) is 20.8 Å². The van der Waals surface area contributed by atoms with Crippen LogP contribution in [0.25, 0.3) is 0 Å². The van der Waals surface area contributed by atoms with Gasteiger partial charge < -0.3 is 19.5 Å². The van der Waals surface area contributed by atoms with Crippen LogP contribution in [0.5, 0.6) is 0 Å². The SMILES string of the molecule is COCCOCC(=O)N(C)Cc1ccc(C(=O)O)cc1. The number of benzene rings is 1. The molecule has 1 rings (SSSR count). The third-order valence-corrected chi connectivity index (χ3v) is 2.70. The molecule has 0 radical (unpaired) electrons. The highest BCUT2D eigenvalue weighted by Gasteiger charge is 2.10. The zero-order valence-electron chi connectivity index (χ0n) is 11.7. The molecule has 1 amide bonds. The number of rotatable bonds is 8. The summed E-state index contributed by atoms with van der Waals surface area (Å²) in [6.07, 6.45) is 0. The van der Waals surface area contributed by atoms with Crippen LogP contribution in [0.3, 0.4) is 0 Å². The van der Waals surface area contributed by atoms with Crippen LogP contribution < -0.4 is 0 Å². The Hall–Kier alpha value is -1.92. The molecule has 0 saturated heterocycles. The van der Waals surface area contributed by atoms with E-state index in [0.29, 0.717) is 19.8 Å². The Balaban J connectivity index is 2.42. The van der Waals surface area contributed by atoms with Crippen molar-refractivity contribution in [3.63, 3.8) is 0 Å². The van der Waals surface area contributed by atoms with Gasteiger partial charge in [0.15, 0.2) is 0 Å². The quantitative estimate of drug-likeness (QED) is 0.720. The lowest BCUT2D eigenvalue weighted by atomic mass is 10.1. The standard InChI is InChI=1S/C14H19NO5/c1-15(13(16)10-20-8-7-19-2)9-11-3-5-12(6-4-11)14(17)18/h3-6H,7-10H2,1-2H3,(H,17,18). The molecule has 0 aliphatic carbocycles. The number of amides is 1. The smallest absolute Gasteiger partial charge is 0.335 e. The van der Waals surface area contributed by atoms with Crippen molar-refractivity contribution in [1.82, 2.24) is 4.90 Å². The van der Waals surface area contributed by atoms with Gasteiger partial charge in [-0.1, -0.05) is 12.1 Å². The average molecular weight is 281 g/mol. The van der Waals surface area contributed by atoms with Gasteiger partial charge in [-0.15, -0.1) is 0 Å². The van der Waals surface area contributed by atoms with E-state index in [4.69, 9.17) is 14.6 Å². The number of hydrogen-bond donors (Lipinski definition) is 1. The number of carbonyl (C=O) groups is 2. The molecule has 0 spiro atoms. The lowest BCUT2D eigenvalue weighted by Crippen LogP contribution is -2.30. The topological polar surface area (TPSA) is 76.1 Å². The molecule has 0 heterocycles. The highest BCUT2D eigenvalue weighted by molar-refractivity contribution is 5.87. The van der Waals surface area contributed by atoms with Gasteiger partial charge in [-0.25, -0.2) is 4.79 Å². The highest BCUT2D eigenvalue weighted by Crippen LogP contribution is 2.07. The zero-order chi connectivity index (χ0) is 15.0. The van der Waals surface area contributed by atoms with Crippen LogP contribution in [-0.4, -0.2) is 55.9 Å². The Labute approximate surface area is 117 Å². The minimum absolute atomic E-state index is 0.00701. The number of ether oxygens (including phenoxy) is 2. The molecule has 20 heavy (non-hydrogen) atoms. The Morgan fingerprint density at radius 2 is 1.85 bits per heavy atom. The molecule has 0 unspecified atom stereocenters. The zero-order valence-corrected chi connectivity index (χ0v) is 11.7. The van der Waals surface area contributed by atoms with E-state index in [1.54, 1.807) is 26.3 Å². The van der Waals surface area contributed by atoms with Crippen molar-refractivity contribution < 1.29 is 24.2 Å². The fraction of sp³-hybridized carbons (Fsp3) is 0.429. The predicted molar refractivity (Wildman–Crippen MR) is 72.6 cm³/mol. The molecule has 6 nitrogen and oxygen atoms in total. The van der Waals surface area contributed by atoms with E-state index in [2.05, 4.69) is 0 Å². The van der Waals surface area contributed by atoms with Crippen LogP contribution >= 0.6 is 0 Å². The fourth-order valence-corrected chi connectivity index (χ4v) is 1.53. The number of likely N-dealkylation sites (N-methyl/N-ethyl adjacent to an activating group) is 1. The van der Waals surface area contributed by atoms with E-state index >= 15 is 0 Å². The second kappa shape index (κ2) is 8.29. The van der Waals surface area contributed by atoms with E-state index in [1.807, 2.05) is 0 Å². The second-order valence-corrected chi connectivity index (χ2v) is 4.30. The Morgan fingerprint density at radius 3 is 2.40 bits per heavy atom. The largest absolute Gasteiger partial charge is 0.478 e. The highest BCUT2D eigenvalue weighted by atomic mass is 16.5. The first-order valence-corrected chi connectivity index (χ1v) is 6.17. The lowest BCUT2D eigenvalue weighted by molar-refractivity contribution is -0.135. The van der Waals surface area contributed by atoms with Crippen LogP contribution in [0, 0.1) is 0 Å². The first kappa shape index (κ1) is 16.1. The van der Waals surface area contributed by atoms with Crippen molar-refractivity contribution in [2.45, 2.75) is 6.54 Å². The van der Waals surface area contributed by atoms with Crippen molar-refractivity contribution in [3.8, 4) is 0 Å². The summed E-state index contributed by atoms with van der Waals surface area (Å²) < 4.78 is 9.96. The Kier molecular flexibility index (Phi) is 6.69. The summed E-state index contributed by atoms with van der Waals surface area (Å²) in [4.78, 5) is 24.0. The Morgan fingerprint density at radius 1 is 1.20 bits per heavy atom. The fourth-order valence-electron chi connectivity index (χ4n) is 1.53. The van der Waals surface area contributed by atoms with Crippen LogP contribution in [0.2, 0.25) is 0 Å². The summed E-state index contributed by atoms with van der Waals surface area (Å²) in [5, 5.41) is 8.80. The molecule has 0 atom stereocenters. The van der Waals surface area contributed by atoms with Gasteiger partial charge in [0, 0.05) is 20.7 Å². The van der Waals surface area contributed by atoms with Crippen molar-refractivity contribution in [2.75, 3.05) is 34.0 Å². The van der Waals surface area contributed by atoms with Gasteiger partial charge >= 0.3 is 5.97 Å². The van der Waals surface area contributed by atoms with Crippen LogP contribution in [0.4, 0.5) is 0 Å². The van der Waals surface area contributed by atoms with Crippen molar-refractivity contribution in [1.29, 1.82) is 0 Å². The number of aromatic carboxylic acids is 1. The molecule has 1 aromatic rings. The van der Waals surface area contributed by atoms with E-state index in [9.17, 15) is 9.59 Å². The number of methoxy groups -OCH3 is 1. The molecule has 1 N–H and O–H groups in total. The van der Waals surface area contributed by atoms with Gasteiger partial charge in [0.1, 0.15) is 6.61 Å². The lowest BCUT2D eigenvalue weighted by Gasteiger charge is -2.17. The van der Waals surface area contributed by atoms with Gasteiger partial charge in [0.05, 0.1) is 18.8 Å². The van der Waals surface area contributed by atoms with E-state index in [1.165, 1.54) is 17.0 Å². The molecule has 0 aromatic heterocycles. The third kappa shape index (κ3) is 5.38. The van der Waals surface area contributed by atoms with Crippen LogP contribution in [0.15, 0.2) is 24.3 Å². The summed E-state index contributed by atoms with van der Waals surface area (Å²) >= 11 is 0. The minimum atomic E-state index is -0.965. The summed E-state index contributed by atoms with van der Waals surface area (Å²) in [5.74, 6) is -1.10. The molecular weight excluding hydrogens is 262 g/mol. The molecule has 6 heteroatoms. The Bertz CT molecular complexity index is 443. The molecule has 1 aromatic carbocycles. The molecule has 0 fully saturated rings. The van der Waals surface area contributed by atoms with Gasteiger partial charge in [0.25, 0.3) is 0 Å². The molecule has 0 bridgehead atoms. The van der Waals surface area contributed by atoms with E-state index in [0.717, 1.165) is 5.56 Å². The van der Waals surface area contributed by atoms with Crippen molar-refractivity contribution in [2.24, 2.45) is 0 Å². The average Bonchev–Trinajstić information content (AvgIpc) is 2.44. The molecule has 0 saturated carbocycles. The number of carbonyl (C=O) groups excluding carboxylic acids is 1. The summed E-state index contributed by atoms with van der Waals surface area (Å²) in [6.45, 7) is 1.25. The van der Waals surface area contributed by atoms with Gasteiger partial charge in [-0.2, -0.15) is 0 Å². The number of carboxylic acid groups (broad SMARTS) is 1. The summed E-state index contributed by atoms with van der Waals surface area (Å²) in [7, 11) is 3.24. The first-order valence-electron chi connectivity index (χ1n) is 6.17. The maximum atomic E-state index is 11.8. The predicted octanol–water partition coefficient (Wildman–Crippen LogP) is 1.01. The van der Waals surface area contributed by atoms with Gasteiger partial charge in [0.2, 0.25) is 5.91 Å². The summed E-state index contributed by atoms with van der Waals surface area (Å²) in [6, 6.07) is 6.42. The monoisotopic (exact) mass is 281 g/mol. The molecule has 0 aliphatic heterocycles. The third-order valence-electron chi connectivity index (χ3n) is 2.70. The molecule has 0 aliphatic rings. The molecular formula is C14H19NO5. The number of hydrogen-bond acceptors (Lipinski definition) is 4. The normalized spacial score (nSPS) is 10.3. The maximum Gasteiger partial charge on any atom is 0.335 e. The van der Waals surface area contributed by atoms with Crippen molar-refractivity contribution in [3.05, 3.63) is 35.4 Å². The van der Waals surface area contributed by atoms with Crippen LogP contribution in [0.1, 0.15) is 15.9 Å². The first-order chi connectivity index (χ1) is 9.54. The van der Waals surface area contributed by atoms with Gasteiger partial charge in [-0.05, 0) is 17.7 Å². The van der Waals surface area contributed by atoms with Gasteiger partial charge in [-0.3, -0.25) is 4.79 Å².